The molecule has 0 radical (unpaired) electrons. The molecule has 0 unspecified atom stereocenters. The minimum absolute atomic E-state index is 0.312. The number of aliphatic imine (C=N–C) groups is 1. The molecule has 0 aromatic carbocycles. The van der Waals surface area contributed by atoms with Crippen molar-refractivity contribution in [3.8, 4) is 0 Å². The molecule has 0 spiro atoms. The van der Waals surface area contributed by atoms with Gasteiger partial charge in [0, 0.05) is 0 Å². The summed E-state index contributed by atoms with van der Waals surface area (Å²) in [6.45, 7) is 0. The van der Waals surface area contributed by atoms with Gasteiger partial charge in [-0.3, -0.25) is 0 Å². The predicted molar refractivity (Wildman–Crippen MR) is 24.8 cm³/mol. The van der Waals surface area contributed by atoms with Gasteiger partial charge in [-0.2, -0.15) is 0 Å². The third kappa shape index (κ3) is 0.806. The van der Waals surface area contributed by atoms with Crippen LogP contribution in [0.2, 0.25) is 0 Å². The fourth-order valence-electron chi connectivity index (χ4n) is 0.215. The molecule has 0 aromatic heterocycles. The second kappa shape index (κ2) is 1.66. The fraction of sp³-hybridized carbons (Fsp3) is 0. The van der Waals surface area contributed by atoms with Crippen molar-refractivity contribution in [1.29, 1.82) is 0 Å². The summed E-state index contributed by atoms with van der Waals surface area (Å²) in [6, 6.07) is 0. The molecule has 0 atom stereocenters. The van der Waals surface area contributed by atoms with Crippen molar-refractivity contribution >= 4 is 27.2 Å². The van der Waals surface area contributed by atoms with E-state index in [2.05, 4.69) is 12.7 Å². The van der Waals surface area contributed by atoms with Crippen molar-refractivity contribution in [1.82, 2.24) is 0 Å². The molecule has 26 valence electrons. The Hall–Kier alpha value is 0.293. The summed E-state index contributed by atoms with van der Waals surface area (Å²) in [4.78, 5) is 3.86. The number of nitrogens with zero attached hydrogens (tertiary/aromatic N) is 1. The molecule has 1 heterocycles. The van der Waals surface area contributed by atoms with Crippen LogP contribution >= 0.6 is 0 Å². The summed E-state index contributed by atoms with van der Waals surface area (Å²) in [5.74, 6) is 0. The van der Waals surface area contributed by atoms with Crippen LogP contribution in [0.5, 0.6) is 0 Å². The zero-order chi connectivity index (χ0) is 3.54. The number of rotatable bonds is 0. The Kier molecular flexibility index (Phi) is 1.16. The molecule has 0 aromatic rings. The Balaban J connectivity index is 2.61. The zero-order valence-electron chi connectivity index (χ0n) is 2.68. The van der Waals surface area contributed by atoms with Crippen molar-refractivity contribution in [2.24, 2.45) is 4.99 Å². The second-order valence-corrected chi connectivity index (χ2v) is 4.36. The normalized spacial score (nSPS) is 17.6. The molecule has 0 amide bonds. The molecular weight excluding hydrogens is 259 g/mol. The van der Waals surface area contributed by atoms with Crippen LogP contribution in [0.25, 0.3) is 0 Å². The van der Waals surface area contributed by atoms with E-state index in [4.69, 9.17) is 0 Å². The van der Waals surface area contributed by atoms with Crippen LogP contribution in [0.4, 0.5) is 0 Å². The van der Waals surface area contributed by atoms with Gasteiger partial charge in [0.1, 0.15) is 0 Å². The van der Waals surface area contributed by atoms with E-state index in [1.165, 1.54) is 0 Å². The molecule has 0 aliphatic carbocycles. The number of hydrogen-bond donors (Lipinski definition) is 0. The van der Waals surface area contributed by atoms with E-state index in [0.717, 1.165) is 0 Å². The van der Waals surface area contributed by atoms with Gasteiger partial charge in [-0.1, -0.05) is 0 Å². The van der Waals surface area contributed by atoms with Gasteiger partial charge in [0.25, 0.3) is 0 Å². The van der Waals surface area contributed by atoms with Crippen molar-refractivity contribution < 1.29 is 0 Å². The van der Waals surface area contributed by atoms with Crippen LogP contribution < -0.4 is 0 Å². The van der Waals surface area contributed by atoms with Crippen LogP contribution in [-0.2, 0) is 0 Å². The third-order valence-electron chi connectivity index (χ3n) is 0.406. The Morgan fingerprint density at radius 3 is 2.80 bits per heavy atom. The summed E-state index contributed by atoms with van der Waals surface area (Å²) >= 11 is -0.312. The molecule has 1 nitrogen and oxygen atoms in total. The molecule has 1 aliphatic rings. The van der Waals surface area contributed by atoms with Gasteiger partial charge in [0.2, 0.25) is 0 Å². The van der Waals surface area contributed by atoms with Gasteiger partial charge < -0.3 is 0 Å². The van der Waals surface area contributed by atoms with Gasteiger partial charge in [0.15, 0.2) is 0 Å². The van der Waals surface area contributed by atoms with E-state index in [0.29, 0.717) is 0 Å². The minimum atomic E-state index is -0.312. The van der Waals surface area contributed by atoms with Gasteiger partial charge in [-0.25, -0.2) is 0 Å². The van der Waals surface area contributed by atoms with E-state index in [1.54, 1.807) is 0 Å². The maximum absolute atomic E-state index is 3.86. The van der Waals surface area contributed by atoms with E-state index >= 15 is 0 Å². The van der Waals surface area contributed by atoms with E-state index < -0.39 is 0 Å². The summed E-state index contributed by atoms with van der Waals surface area (Å²) in [5, 5.41) is 0. The van der Waals surface area contributed by atoms with E-state index in [1.807, 2.05) is 6.20 Å². The Morgan fingerprint density at radius 1 is 1.60 bits per heavy atom. The predicted octanol–water partition coefficient (Wildman–Crippen LogP) is -0.0640. The molecule has 0 saturated carbocycles. The SMILES string of the molecule is C1=[CH][BiH][CH]=N1. The average molecular weight is 263 g/mol. The zero-order valence-corrected chi connectivity index (χ0v) is 6.57. The van der Waals surface area contributed by atoms with Crippen molar-refractivity contribution in [3.05, 3.63) is 9.98 Å². The molecule has 2 heteroatoms. The van der Waals surface area contributed by atoms with Crippen LogP contribution in [0, 0.1) is 0 Å². The topological polar surface area (TPSA) is 12.4 Å². The first-order valence-corrected chi connectivity index (χ1v) is 5.92. The Morgan fingerprint density at radius 2 is 2.60 bits per heavy atom. The molecule has 1 aliphatic heterocycles. The van der Waals surface area contributed by atoms with Gasteiger partial charge in [-0.05, 0) is 0 Å². The van der Waals surface area contributed by atoms with Crippen molar-refractivity contribution in [2.45, 2.75) is 0 Å². The average Bonchev–Trinajstić information content (AvgIpc) is 1.76. The van der Waals surface area contributed by atoms with Crippen LogP contribution in [-0.4, -0.2) is 27.2 Å². The van der Waals surface area contributed by atoms with Crippen molar-refractivity contribution in [3.63, 3.8) is 0 Å². The maximum atomic E-state index is 3.86. The molecule has 0 saturated heterocycles. The molecule has 0 bridgehead atoms. The van der Waals surface area contributed by atoms with E-state index in [9.17, 15) is 0 Å². The molecule has 0 fully saturated rings. The van der Waals surface area contributed by atoms with E-state index in [-0.39, 0.29) is 23.2 Å². The summed E-state index contributed by atoms with van der Waals surface area (Å²) in [7, 11) is 0. The molecular formula is C3H4BiN. The standard InChI is InChI=1S/C3H3N.Bi.H/c1-3-4-2;;/h1-3H;;. The van der Waals surface area contributed by atoms with Crippen LogP contribution in [0.1, 0.15) is 0 Å². The summed E-state index contributed by atoms with van der Waals surface area (Å²) < 4.78 is 4.28. The van der Waals surface area contributed by atoms with Crippen molar-refractivity contribution in [2.75, 3.05) is 0 Å². The Labute approximate surface area is 42.4 Å². The Bertz CT molecular complexity index is 65.0. The van der Waals surface area contributed by atoms with Gasteiger partial charge in [-0.15, -0.1) is 0 Å². The first-order chi connectivity index (χ1) is 2.50. The van der Waals surface area contributed by atoms with Crippen LogP contribution in [0.15, 0.2) is 15.0 Å². The first-order valence-electron chi connectivity index (χ1n) is 1.43. The van der Waals surface area contributed by atoms with Gasteiger partial charge in [0.05, 0.1) is 0 Å². The summed E-state index contributed by atoms with van der Waals surface area (Å²) in [5.41, 5.74) is 0. The summed E-state index contributed by atoms with van der Waals surface area (Å²) in [6.07, 6.45) is 1.89. The number of hydrogen-bond acceptors (Lipinski definition) is 1. The van der Waals surface area contributed by atoms with Gasteiger partial charge >= 0.3 is 42.1 Å². The second-order valence-electron chi connectivity index (χ2n) is 0.761. The first kappa shape index (κ1) is 3.48. The third-order valence-corrected chi connectivity index (χ3v) is 2.89. The quantitative estimate of drug-likeness (QED) is 0.543. The molecule has 1 rings (SSSR count). The fourth-order valence-corrected chi connectivity index (χ4v) is 1.89. The van der Waals surface area contributed by atoms with Crippen LogP contribution in [0.3, 0.4) is 0 Å². The molecule has 0 N–H and O–H groups in total. The monoisotopic (exact) mass is 263 g/mol. The molecule has 5 heavy (non-hydrogen) atoms.